The minimum Gasteiger partial charge on any atom is -0.507 e. The van der Waals surface area contributed by atoms with Crippen molar-refractivity contribution in [1.29, 1.82) is 0 Å². The number of aryl methyl sites for hydroxylation is 1. The summed E-state index contributed by atoms with van der Waals surface area (Å²) in [5.41, 5.74) is 1.96. The van der Waals surface area contributed by atoms with Crippen molar-refractivity contribution in [1.82, 2.24) is 4.90 Å². The number of hydrogen-bond donors (Lipinski definition) is 1. The van der Waals surface area contributed by atoms with Crippen LogP contribution in [0.15, 0.2) is 70.9 Å². The van der Waals surface area contributed by atoms with Gasteiger partial charge in [-0.25, -0.2) is 0 Å². The topological polar surface area (TPSA) is 89.2 Å². The Morgan fingerprint density at radius 3 is 2.31 bits per heavy atom. The van der Waals surface area contributed by atoms with E-state index in [2.05, 4.69) is 0 Å². The van der Waals surface area contributed by atoms with E-state index >= 15 is 0 Å². The monoisotopic (exact) mass is 433 g/mol. The number of aliphatic hydroxyl groups excluding tert-OH is 1. The van der Waals surface area contributed by atoms with E-state index in [1.165, 1.54) is 11.2 Å². The highest BCUT2D eigenvalue weighted by Gasteiger charge is 2.47. The summed E-state index contributed by atoms with van der Waals surface area (Å²) in [4.78, 5) is 27.5. The second kappa shape index (κ2) is 8.63. The van der Waals surface area contributed by atoms with E-state index in [-0.39, 0.29) is 17.9 Å². The molecule has 1 atom stereocenters. The van der Waals surface area contributed by atoms with E-state index in [1.807, 2.05) is 12.1 Å². The number of rotatable bonds is 6. The lowest BCUT2D eigenvalue weighted by atomic mass is 9.97. The Morgan fingerprint density at radius 2 is 1.72 bits per heavy atom. The van der Waals surface area contributed by atoms with Crippen LogP contribution in [0, 0.1) is 6.92 Å². The molecule has 164 valence electrons. The van der Waals surface area contributed by atoms with Crippen molar-refractivity contribution in [2.75, 3.05) is 14.2 Å². The van der Waals surface area contributed by atoms with Gasteiger partial charge in [0.1, 0.15) is 29.1 Å². The predicted octanol–water partition coefficient (Wildman–Crippen LogP) is 4.23. The molecule has 0 spiro atoms. The van der Waals surface area contributed by atoms with Gasteiger partial charge in [0.2, 0.25) is 0 Å². The number of ether oxygens (including phenoxy) is 2. The van der Waals surface area contributed by atoms with Crippen LogP contribution in [0.2, 0.25) is 0 Å². The predicted molar refractivity (Wildman–Crippen MR) is 117 cm³/mol. The summed E-state index contributed by atoms with van der Waals surface area (Å²) >= 11 is 0. The van der Waals surface area contributed by atoms with E-state index in [0.29, 0.717) is 28.4 Å². The molecule has 32 heavy (non-hydrogen) atoms. The molecule has 7 heteroatoms. The number of Topliss-reactive ketones (excluding diaryl/α,β-unsaturated/α-hetero) is 1. The van der Waals surface area contributed by atoms with Crippen LogP contribution >= 0.6 is 0 Å². The number of furan rings is 1. The van der Waals surface area contributed by atoms with Gasteiger partial charge in [-0.2, -0.15) is 0 Å². The van der Waals surface area contributed by atoms with E-state index in [9.17, 15) is 14.7 Å². The van der Waals surface area contributed by atoms with Gasteiger partial charge in [0.25, 0.3) is 11.7 Å². The van der Waals surface area contributed by atoms with Gasteiger partial charge in [-0.3, -0.25) is 9.59 Å². The lowest BCUT2D eigenvalue weighted by Gasteiger charge is -2.23. The van der Waals surface area contributed by atoms with Gasteiger partial charge in [0.05, 0.1) is 26.1 Å². The van der Waals surface area contributed by atoms with Crippen molar-refractivity contribution in [3.63, 3.8) is 0 Å². The third-order valence-corrected chi connectivity index (χ3v) is 5.55. The summed E-state index contributed by atoms with van der Waals surface area (Å²) in [6, 6.07) is 14.8. The van der Waals surface area contributed by atoms with E-state index in [4.69, 9.17) is 13.9 Å². The number of carbonyl (C=O) groups excluding carboxylic acids is 2. The van der Waals surface area contributed by atoms with E-state index in [1.54, 1.807) is 63.6 Å². The summed E-state index contributed by atoms with van der Waals surface area (Å²) in [5, 5.41) is 11.2. The van der Waals surface area contributed by atoms with Crippen molar-refractivity contribution < 1.29 is 28.6 Å². The Kier molecular flexibility index (Phi) is 5.73. The molecular formula is C25H23NO6. The highest BCUT2D eigenvalue weighted by atomic mass is 16.5. The van der Waals surface area contributed by atoms with Crippen molar-refractivity contribution in [3.05, 3.63) is 88.9 Å². The number of likely N-dealkylation sites (tertiary alicyclic amines) is 1. The molecule has 1 unspecified atom stereocenters. The molecule has 1 aromatic heterocycles. The van der Waals surface area contributed by atoms with Gasteiger partial charge in [-0.05, 0) is 60.5 Å². The molecule has 0 bridgehead atoms. The van der Waals surface area contributed by atoms with Crippen LogP contribution in [-0.2, 0) is 16.1 Å². The van der Waals surface area contributed by atoms with Crippen molar-refractivity contribution in [2.24, 2.45) is 0 Å². The number of hydrogen-bond acceptors (Lipinski definition) is 6. The Morgan fingerprint density at radius 1 is 1.03 bits per heavy atom. The van der Waals surface area contributed by atoms with Crippen LogP contribution in [-0.4, -0.2) is 35.9 Å². The van der Waals surface area contributed by atoms with E-state index < -0.39 is 17.7 Å². The summed E-state index contributed by atoms with van der Waals surface area (Å²) in [6.07, 6.45) is 1.47. The second-order valence-electron chi connectivity index (χ2n) is 7.47. The smallest absolute Gasteiger partial charge is 0.296 e. The summed E-state index contributed by atoms with van der Waals surface area (Å²) < 4.78 is 16.0. The molecule has 0 saturated carbocycles. The molecule has 2 aromatic carbocycles. The number of nitrogens with zero attached hydrogens (tertiary/aromatic N) is 1. The zero-order chi connectivity index (χ0) is 22.8. The minimum absolute atomic E-state index is 0.00766. The largest absolute Gasteiger partial charge is 0.507 e. The molecule has 1 saturated heterocycles. The first kappa shape index (κ1) is 21.2. The number of aliphatic hydroxyl groups is 1. The SMILES string of the molecule is COc1ccc(CN2C(=O)C(=O)/C(=C(\O)c3ccc(OC)cc3C)C2c2ccco2)cc1. The zero-order valence-electron chi connectivity index (χ0n) is 18.0. The summed E-state index contributed by atoms with van der Waals surface area (Å²) in [7, 11) is 3.13. The van der Waals surface area contributed by atoms with Crippen molar-refractivity contribution >= 4 is 17.4 Å². The molecule has 3 aromatic rings. The molecule has 1 fully saturated rings. The van der Waals surface area contributed by atoms with E-state index in [0.717, 1.165) is 5.56 Å². The maximum absolute atomic E-state index is 13.1. The lowest BCUT2D eigenvalue weighted by molar-refractivity contribution is -0.140. The zero-order valence-corrected chi connectivity index (χ0v) is 18.0. The molecule has 2 heterocycles. The number of ketones is 1. The first-order valence-electron chi connectivity index (χ1n) is 10.0. The first-order valence-corrected chi connectivity index (χ1v) is 10.0. The fraction of sp³-hybridized carbons (Fsp3) is 0.200. The second-order valence-corrected chi connectivity index (χ2v) is 7.47. The van der Waals surface area contributed by atoms with Gasteiger partial charge in [-0.1, -0.05) is 12.1 Å². The molecule has 4 rings (SSSR count). The fourth-order valence-electron chi connectivity index (χ4n) is 3.89. The maximum atomic E-state index is 13.1. The van der Waals surface area contributed by atoms with Crippen LogP contribution in [0.5, 0.6) is 11.5 Å². The Bertz CT molecular complexity index is 1180. The molecule has 0 aliphatic carbocycles. The third kappa shape index (κ3) is 3.73. The molecule has 1 N–H and O–H groups in total. The average Bonchev–Trinajstić information content (AvgIpc) is 3.42. The van der Waals surface area contributed by atoms with Crippen molar-refractivity contribution in [3.8, 4) is 11.5 Å². The quantitative estimate of drug-likeness (QED) is 0.356. The number of carbonyl (C=O) groups is 2. The van der Waals surface area contributed by atoms with Gasteiger partial charge in [0.15, 0.2) is 0 Å². The van der Waals surface area contributed by atoms with Gasteiger partial charge >= 0.3 is 0 Å². The fourth-order valence-corrected chi connectivity index (χ4v) is 3.89. The maximum Gasteiger partial charge on any atom is 0.296 e. The minimum atomic E-state index is -0.853. The van der Waals surface area contributed by atoms with Crippen LogP contribution in [0.1, 0.15) is 28.5 Å². The van der Waals surface area contributed by atoms with Crippen LogP contribution in [0.25, 0.3) is 5.76 Å². The normalized spacial score (nSPS) is 17.6. The van der Waals surface area contributed by atoms with Crippen LogP contribution < -0.4 is 9.47 Å². The summed E-state index contributed by atoms with van der Waals surface area (Å²) in [6.45, 7) is 1.96. The molecule has 1 aliphatic rings. The highest BCUT2D eigenvalue weighted by molar-refractivity contribution is 6.46. The third-order valence-electron chi connectivity index (χ3n) is 5.55. The Hall–Kier alpha value is -4.00. The highest BCUT2D eigenvalue weighted by Crippen LogP contribution is 2.41. The van der Waals surface area contributed by atoms with Crippen molar-refractivity contribution in [2.45, 2.75) is 19.5 Å². The van der Waals surface area contributed by atoms with Gasteiger partial charge in [0, 0.05) is 12.1 Å². The Balaban J connectivity index is 1.80. The molecule has 0 radical (unpaired) electrons. The molecule has 7 nitrogen and oxygen atoms in total. The molecular weight excluding hydrogens is 410 g/mol. The number of benzene rings is 2. The standard InChI is InChI=1S/C25H23NO6/c1-15-13-18(31-3)10-11-19(15)23(27)21-22(20-5-4-12-32-20)26(25(29)24(21)28)14-16-6-8-17(30-2)9-7-16/h4-13,22,27H,14H2,1-3H3/b23-21-. The number of methoxy groups -OCH3 is 2. The number of amides is 1. The van der Waals surface area contributed by atoms with Crippen LogP contribution in [0.4, 0.5) is 0 Å². The van der Waals surface area contributed by atoms with Crippen LogP contribution in [0.3, 0.4) is 0 Å². The Labute approximate surface area is 185 Å². The lowest BCUT2D eigenvalue weighted by Crippen LogP contribution is -2.29. The summed E-state index contributed by atoms with van der Waals surface area (Å²) in [5.74, 6) is 0.00471. The van der Waals surface area contributed by atoms with Gasteiger partial charge in [-0.15, -0.1) is 0 Å². The molecule has 1 aliphatic heterocycles. The van der Waals surface area contributed by atoms with Gasteiger partial charge < -0.3 is 23.9 Å². The molecule has 1 amide bonds. The first-order chi connectivity index (χ1) is 15.4. The average molecular weight is 433 g/mol.